The molecule has 0 amide bonds. The average Bonchev–Trinajstić information content (AvgIpc) is 2.08. The molecule has 0 aromatic heterocycles. The predicted molar refractivity (Wildman–Crippen MR) is 38.0 cm³/mol. The van der Waals surface area contributed by atoms with Gasteiger partial charge < -0.3 is 30.9 Å². The molecule has 0 aromatic carbocycles. The van der Waals surface area contributed by atoms with Crippen molar-refractivity contribution in [3.63, 3.8) is 0 Å². The molecule has 0 saturated carbocycles. The lowest BCUT2D eigenvalue weighted by atomic mass is 9.97. The Bertz CT molecular complexity index is 188. The number of aliphatic hydroxyl groups excluding tert-OH is 3. The van der Waals surface area contributed by atoms with Gasteiger partial charge in [0.05, 0.1) is 6.61 Å². The average molecular weight is 197 g/mol. The maximum absolute atomic E-state index is 13.0. The van der Waals surface area contributed by atoms with Crippen molar-refractivity contribution in [2.24, 2.45) is 5.73 Å². The first-order chi connectivity index (χ1) is 5.90. The monoisotopic (exact) mass is 197 g/mol. The molecule has 0 radical (unpaired) electrons. The fourth-order valence-corrected chi connectivity index (χ4v) is 1.15. The van der Waals surface area contributed by atoms with Crippen LogP contribution in [0.15, 0.2) is 0 Å². The van der Waals surface area contributed by atoms with Gasteiger partial charge in [-0.25, -0.2) is 0 Å². The van der Waals surface area contributed by atoms with Crippen LogP contribution in [0.3, 0.4) is 0 Å². The van der Waals surface area contributed by atoms with Gasteiger partial charge in [0.2, 0.25) is 0 Å². The van der Waals surface area contributed by atoms with E-state index in [1.165, 1.54) is 0 Å². The first-order valence-electron chi connectivity index (χ1n) is 3.72. The highest BCUT2D eigenvalue weighted by Gasteiger charge is 2.52. The minimum Gasteiger partial charge on any atom is -0.394 e. The molecule has 7 heteroatoms. The SMILES string of the molecule is N[C@@H]1[C@@H](O)[C@H](O)[C@@H](CO)O[C@@]1(O)F. The molecule has 1 aliphatic rings. The second-order valence-electron chi connectivity index (χ2n) is 2.95. The Morgan fingerprint density at radius 1 is 1.38 bits per heavy atom. The number of halogens is 1. The third kappa shape index (κ3) is 1.80. The van der Waals surface area contributed by atoms with Crippen LogP contribution in [0.25, 0.3) is 0 Å². The van der Waals surface area contributed by atoms with E-state index in [0.717, 1.165) is 0 Å². The number of aliphatic hydroxyl groups is 4. The minimum absolute atomic E-state index is 0.725. The summed E-state index contributed by atoms with van der Waals surface area (Å²) >= 11 is 0. The van der Waals surface area contributed by atoms with Crippen molar-refractivity contribution >= 4 is 0 Å². The summed E-state index contributed by atoms with van der Waals surface area (Å²) in [5, 5.41) is 35.7. The Labute approximate surface area is 73.4 Å². The van der Waals surface area contributed by atoms with Gasteiger partial charge in [-0.15, -0.1) is 0 Å². The molecule has 5 atom stereocenters. The molecule has 0 unspecified atom stereocenters. The number of nitrogens with two attached hydrogens (primary N) is 1. The highest BCUT2D eigenvalue weighted by molar-refractivity contribution is 4.93. The molecule has 13 heavy (non-hydrogen) atoms. The van der Waals surface area contributed by atoms with E-state index in [4.69, 9.17) is 26.2 Å². The van der Waals surface area contributed by atoms with Gasteiger partial charge >= 0.3 is 6.04 Å². The summed E-state index contributed by atoms with van der Waals surface area (Å²) in [4.78, 5) is 0. The van der Waals surface area contributed by atoms with Crippen molar-refractivity contribution in [1.29, 1.82) is 0 Å². The summed E-state index contributed by atoms with van der Waals surface area (Å²) in [6.45, 7) is -0.725. The smallest absolute Gasteiger partial charge is 0.336 e. The van der Waals surface area contributed by atoms with E-state index in [1.807, 2.05) is 0 Å². The Hall–Kier alpha value is -0.310. The molecule has 0 bridgehead atoms. The number of hydrogen-bond acceptors (Lipinski definition) is 6. The molecule has 0 spiro atoms. The number of ether oxygens (including phenoxy) is 1. The lowest BCUT2D eigenvalue weighted by Crippen LogP contribution is -2.66. The molecule has 0 aromatic rings. The van der Waals surface area contributed by atoms with E-state index >= 15 is 0 Å². The van der Waals surface area contributed by atoms with E-state index in [9.17, 15) is 4.39 Å². The van der Waals surface area contributed by atoms with Crippen molar-refractivity contribution < 1.29 is 29.6 Å². The van der Waals surface area contributed by atoms with Crippen LogP contribution >= 0.6 is 0 Å². The first kappa shape index (κ1) is 10.8. The third-order valence-electron chi connectivity index (χ3n) is 2.01. The lowest BCUT2D eigenvalue weighted by Gasteiger charge is -2.41. The largest absolute Gasteiger partial charge is 0.394 e. The zero-order chi connectivity index (χ0) is 10.2. The summed E-state index contributed by atoms with van der Waals surface area (Å²) in [5.74, 6) is 0. The van der Waals surface area contributed by atoms with E-state index in [1.54, 1.807) is 0 Å². The molecule has 1 aliphatic heterocycles. The summed E-state index contributed by atoms with van der Waals surface area (Å²) in [6.07, 6.45) is -4.58. The van der Waals surface area contributed by atoms with Crippen molar-refractivity contribution in [3.8, 4) is 0 Å². The fourth-order valence-electron chi connectivity index (χ4n) is 1.15. The van der Waals surface area contributed by atoms with E-state index in [-0.39, 0.29) is 0 Å². The molecule has 6 N–H and O–H groups in total. The molecular weight excluding hydrogens is 185 g/mol. The van der Waals surface area contributed by atoms with Gasteiger partial charge in [-0.05, 0) is 0 Å². The molecule has 1 fully saturated rings. The molecule has 1 rings (SSSR count). The van der Waals surface area contributed by atoms with E-state index in [0.29, 0.717) is 0 Å². The molecule has 0 aliphatic carbocycles. The maximum Gasteiger partial charge on any atom is 0.336 e. The molecule has 78 valence electrons. The Morgan fingerprint density at radius 2 is 1.92 bits per heavy atom. The Balaban J connectivity index is 2.79. The van der Waals surface area contributed by atoms with Gasteiger partial charge in [-0.1, -0.05) is 0 Å². The van der Waals surface area contributed by atoms with Gasteiger partial charge in [0.25, 0.3) is 0 Å². The standard InChI is InChI=1S/C6H12FNO5/c7-6(12)5(8)4(11)3(10)2(1-9)13-6/h2-5,9-12H,1,8H2/t2-,3-,4+,5-,6-/m1/s1. The van der Waals surface area contributed by atoms with Crippen molar-refractivity contribution in [2.45, 2.75) is 30.4 Å². The predicted octanol–water partition coefficient (Wildman–Crippen LogP) is -2.96. The van der Waals surface area contributed by atoms with Crippen LogP contribution in [0.5, 0.6) is 0 Å². The minimum atomic E-state index is -3.23. The van der Waals surface area contributed by atoms with Crippen molar-refractivity contribution in [3.05, 3.63) is 0 Å². The van der Waals surface area contributed by atoms with Crippen LogP contribution in [-0.4, -0.2) is 57.4 Å². The van der Waals surface area contributed by atoms with Crippen LogP contribution in [0.2, 0.25) is 0 Å². The fraction of sp³-hybridized carbons (Fsp3) is 1.00. The Morgan fingerprint density at radius 3 is 2.38 bits per heavy atom. The van der Waals surface area contributed by atoms with Crippen LogP contribution in [0, 0.1) is 0 Å². The van der Waals surface area contributed by atoms with Gasteiger partial charge in [-0.2, -0.15) is 4.39 Å². The topological polar surface area (TPSA) is 116 Å². The summed E-state index contributed by atoms with van der Waals surface area (Å²) < 4.78 is 17.2. The van der Waals surface area contributed by atoms with Gasteiger partial charge in [0.1, 0.15) is 24.4 Å². The van der Waals surface area contributed by atoms with Crippen molar-refractivity contribution in [2.75, 3.05) is 6.61 Å². The van der Waals surface area contributed by atoms with E-state index in [2.05, 4.69) is 4.74 Å². The quantitative estimate of drug-likeness (QED) is 0.307. The summed E-state index contributed by atoms with van der Waals surface area (Å²) in [6, 6.07) is -4.99. The van der Waals surface area contributed by atoms with Crippen LogP contribution in [-0.2, 0) is 4.74 Å². The van der Waals surface area contributed by atoms with Crippen molar-refractivity contribution in [1.82, 2.24) is 0 Å². The highest BCUT2D eigenvalue weighted by atomic mass is 19.2. The maximum atomic E-state index is 13.0. The second kappa shape index (κ2) is 3.45. The van der Waals surface area contributed by atoms with Crippen LogP contribution in [0.4, 0.5) is 4.39 Å². The number of hydrogen-bond donors (Lipinski definition) is 5. The van der Waals surface area contributed by atoms with Crippen LogP contribution < -0.4 is 5.73 Å². The second-order valence-corrected chi connectivity index (χ2v) is 2.95. The molecule has 1 heterocycles. The first-order valence-corrected chi connectivity index (χ1v) is 3.72. The molecule has 1 saturated heterocycles. The molecular formula is C6H12FNO5. The third-order valence-corrected chi connectivity index (χ3v) is 2.01. The number of alkyl halides is 1. The molecule has 6 nitrogen and oxygen atoms in total. The van der Waals surface area contributed by atoms with Gasteiger partial charge in [-0.3, -0.25) is 0 Å². The van der Waals surface area contributed by atoms with Crippen LogP contribution in [0.1, 0.15) is 0 Å². The highest BCUT2D eigenvalue weighted by Crippen LogP contribution is 2.27. The summed E-state index contributed by atoms with van der Waals surface area (Å²) in [7, 11) is 0. The zero-order valence-corrected chi connectivity index (χ0v) is 6.67. The zero-order valence-electron chi connectivity index (χ0n) is 6.67. The lowest BCUT2D eigenvalue weighted by molar-refractivity contribution is -0.372. The normalized spacial score (nSPS) is 52.2. The number of rotatable bonds is 1. The van der Waals surface area contributed by atoms with Gasteiger partial charge in [0, 0.05) is 0 Å². The van der Waals surface area contributed by atoms with Gasteiger partial charge in [0.15, 0.2) is 0 Å². The van der Waals surface area contributed by atoms with E-state index < -0.39 is 37.0 Å². The Kier molecular flexibility index (Phi) is 2.85. The summed E-state index contributed by atoms with van der Waals surface area (Å²) in [5.41, 5.74) is 5.02.